The van der Waals surface area contributed by atoms with Crippen LogP contribution in [-0.4, -0.2) is 22.2 Å². The Bertz CT molecular complexity index is 406. The fraction of sp³-hybridized carbons (Fsp3) is 0.900. The second-order valence-corrected chi connectivity index (χ2v) is 8.10. The smallest absolute Gasteiger partial charge is 0.309 e. The molecule has 4 heteroatoms. The Balaban J connectivity index is 5.85. The van der Waals surface area contributed by atoms with Crippen molar-refractivity contribution in [3.63, 3.8) is 0 Å². The summed E-state index contributed by atoms with van der Waals surface area (Å²) in [7, 11) is 0. The van der Waals surface area contributed by atoms with Crippen molar-refractivity contribution in [1.29, 1.82) is 0 Å². The summed E-state index contributed by atoms with van der Waals surface area (Å²) < 4.78 is 0. The molecule has 24 heavy (non-hydrogen) atoms. The number of rotatable bonds is 12. The quantitative estimate of drug-likeness (QED) is 0.462. The molecule has 0 aliphatic carbocycles. The molecule has 0 saturated heterocycles. The molecule has 0 fully saturated rings. The van der Waals surface area contributed by atoms with Gasteiger partial charge >= 0.3 is 11.9 Å². The zero-order valence-corrected chi connectivity index (χ0v) is 16.7. The van der Waals surface area contributed by atoms with Crippen LogP contribution in [0.5, 0.6) is 0 Å². The van der Waals surface area contributed by atoms with Gasteiger partial charge < -0.3 is 10.2 Å². The molecule has 4 nitrogen and oxygen atoms in total. The highest BCUT2D eigenvalue weighted by molar-refractivity contribution is 5.78. The maximum atomic E-state index is 12.3. The van der Waals surface area contributed by atoms with Crippen LogP contribution in [0.4, 0.5) is 0 Å². The van der Waals surface area contributed by atoms with Gasteiger partial charge in [0, 0.05) is 5.41 Å². The van der Waals surface area contributed by atoms with Crippen LogP contribution in [0.25, 0.3) is 0 Å². The third-order valence-electron chi connectivity index (χ3n) is 6.21. The standard InChI is InChI=1S/C20H38O4/c1-8-9-10-11-12-13-19(7,18(23)24)20(14(2)3,15(4)5)16(6)17(21)22/h14-16H,8-13H2,1-7H3,(H,21,22)(H,23,24). The van der Waals surface area contributed by atoms with Crippen LogP contribution in [0.2, 0.25) is 0 Å². The van der Waals surface area contributed by atoms with E-state index in [9.17, 15) is 19.8 Å². The summed E-state index contributed by atoms with van der Waals surface area (Å²) in [5.74, 6) is -2.57. The zero-order chi connectivity index (χ0) is 19.1. The molecule has 0 aromatic heterocycles. The number of unbranched alkanes of at least 4 members (excludes halogenated alkanes) is 4. The van der Waals surface area contributed by atoms with E-state index >= 15 is 0 Å². The van der Waals surface area contributed by atoms with E-state index in [1.165, 1.54) is 0 Å². The van der Waals surface area contributed by atoms with Crippen molar-refractivity contribution in [3.05, 3.63) is 0 Å². The average molecular weight is 343 g/mol. The third kappa shape index (κ3) is 4.31. The molecule has 0 aromatic carbocycles. The fourth-order valence-corrected chi connectivity index (χ4v) is 5.21. The van der Waals surface area contributed by atoms with E-state index in [2.05, 4.69) is 6.92 Å². The monoisotopic (exact) mass is 342 g/mol. The molecule has 0 heterocycles. The minimum atomic E-state index is -1.06. The highest BCUT2D eigenvalue weighted by Crippen LogP contribution is 2.58. The molecule has 0 radical (unpaired) electrons. The fourth-order valence-electron chi connectivity index (χ4n) is 5.21. The van der Waals surface area contributed by atoms with Crippen LogP contribution in [0.1, 0.15) is 87.0 Å². The first-order valence-electron chi connectivity index (χ1n) is 9.46. The van der Waals surface area contributed by atoms with Gasteiger partial charge in [-0.3, -0.25) is 9.59 Å². The molecule has 0 rings (SSSR count). The average Bonchev–Trinajstić information content (AvgIpc) is 2.46. The summed E-state index contributed by atoms with van der Waals surface area (Å²) in [6.45, 7) is 13.5. The lowest BCUT2D eigenvalue weighted by molar-refractivity contribution is -0.181. The minimum absolute atomic E-state index is 0.0414. The van der Waals surface area contributed by atoms with Crippen molar-refractivity contribution in [2.75, 3.05) is 0 Å². The summed E-state index contributed by atoms with van der Waals surface area (Å²) in [5.41, 5.74) is -1.85. The predicted molar refractivity (Wildman–Crippen MR) is 98.0 cm³/mol. The topological polar surface area (TPSA) is 74.6 Å². The molecule has 0 aliphatic rings. The Morgan fingerprint density at radius 3 is 1.67 bits per heavy atom. The van der Waals surface area contributed by atoms with Crippen LogP contribution < -0.4 is 0 Å². The molecule has 0 amide bonds. The van der Waals surface area contributed by atoms with E-state index in [1.54, 1.807) is 13.8 Å². The molecule has 2 unspecified atom stereocenters. The SMILES string of the molecule is CCCCCCCC(C)(C(=O)O)C(C(C)C)(C(C)C)C(C)C(=O)O. The van der Waals surface area contributed by atoms with Crippen LogP contribution >= 0.6 is 0 Å². The van der Waals surface area contributed by atoms with Gasteiger partial charge in [-0.05, 0) is 25.2 Å². The third-order valence-corrected chi connectivity index (χ3v) is 6.21. The molecule has 2 atom stereocenters. The Labute approximate surface area is 148 Å². The molecule has 0 aliphatic heterocycles. The number of carboxylic acids is 2. The van der Waals surface area contributed by atoms with Crippen molar-refractivity contribution in [2.45, 2.75) is 87.0 Å². The van der Waals surface area contributed by atoms with Gasteiger partial charge in [0.25, 0.3) is 0 Å². The van der Waals surface area contributed by atoms with Crippen molar-refractivity contribution in [3.8, 4) is 0 Å². The predicted octanol–water partition coefficient (Wildman–Crippen LogP) is 5.46. The van der Waals surface area contributed by atoms with E-state index < -0.39 is 28.7 Å². The highest BCUT2D eigenvalue weighted by Gasteiger charge is 2.60. The van der Waals surface area contributed by atoms with Gasteiger partial charge in [0.1, 0.15) is 0 Å². The van der Waals surface area contributed by atoms with Crippen LogP contribution in [-0.2, 0) is 9.59 Å². The number of hydrogen-bond acceptors (Lipinski definition) is 2. The number of hydrogen-bond donors (Lipinski definition) is 2. The second kappa shape index (κ2) is 9.43. The minimum Gasteiger partial charge on any atom is -0.481 e. The van der Waals surface area contributed by atoms with Gasteiger partial charge in [-0.2, -0.15) is 0 Å². The van der Waals surface area contributed by atoms with E-state index in [0.29, 0.717) is 6.42 Å². The lowest BCUT2D eigenvalue weighted by Gasteiger charge is -2.54. The van der Waals surface area contributed by atoms with Gasteiger partial charge in [-0.15, -0.1) is 0 Å². The van der Waals surface area contributed by atoms with E-state index in [-0.39, 0.29) is 11.8 Å². The molecular formula is C20H38O4. The first-order valence-corrected chi connectivity index (χ1v) is 9.46. The van der Waals surface area contributed by atoms with Gasteiger partial charge in [0.2, 0.25) is 0 Å². The maximum absolute atomic E-state index is 12.3. The summed E-state index contributed by atoms with van der Waals surface area (Å²) in [4.78, 5) is 24.2. The van der Waals surface area contributed by atoms with E-state index in [1.807, 2.05) is 27.7 Å². The van der Waals surface area contributed by atoms with E-state index in [4.69, 9.17) is 0 Å². The Morgan fingerprint density at radius 1 is 0.875 bits per heavy atom. The zero-order valence-electron chi connectivity index (χ0n) is 16.7. The lowest BCUT2D eigenvalue weighted by Crippen LogP contribution is -2.57. The first-order chi connectivity index (χ1) is 11.0. The lowest BCUT2D eigenvalue weighted by atomic mass is 9.47. The molecule has 2 N–H and O–H groups in total. The number of aliphatic carboxylic acids is 2. The van der Waals surface area contributed by atoms with E-state index in [0.717, 1.165) is 32.1 Å². The molecule has 142 valence electrons. The van der Waals surface area contributed by atoms with Crippen molar-refractivity contribution < 1.29 is 19.8 Å². The summed E-state index contributed by atoms with van der Waals surface area (Å²) in [6.07, 6.45) is 5.78. The summed E-state index contributed by atoms with van der Waals surface area (Å²) >= 11 is 0. The summed E-state index contributed by atoms with van der Waals surface area (Å²) in [5, 5.41) is 19.8. The molecular weight excluding hydrogens is 304 g/mol. The van der Waals surface area contributed by atoms with Crippen molar-refractivity contribution in [2.24, 2.45) is 28.6 Å². The van der Waals surface area contributed by atoms with Gasteiger partial charge in [-0.1, -0.05) is 73.6 Å². The highest BCUT2D eigenvalue weighted by atomic mass is 16.4. The van der Waals surface area contributed by atoms with Crippen molar-refractivity contribution in [1.82, 2.24) is 0 Å². The van der Waals surface area contributed by atoms with Gasteiger partial charge in [0.05, 0.1) is 11.3 Å². The van der Waals surface area contributed by atoms with Crippen LogP contribution in [0, 0.1) is 28.6 Å². The Hall–Kier alpha value is -1.06. The van der Waals surface area contributed by atoms with Gasteiger partial charge in [-0.25, -0.2) is 0 Å². The number of carboxylic acid groups (broad SMARTS) is 2. The first kappa shape index (κ1) is 22.9. The second-order valence-electron chi connectivity index (χ2n) is 8.10. The van der Waals surface area contributed by atoms with Gasteiger partial charge in [0.15, 0.2) is 0 Å². The Kier molecular flexibility index (Phi) is 9.01. The number of carbonyl (C=O) groups is 2. The van der Waals surface area contributed by atoms with Crippen LogP contribution in [0.3, 0.4) is 0 Å². The molecule has 0 bridgehead atoms. The van der Waals surface area contributed by atoms with Crippen molar-refractivity contribution >= 4 is 11.9 Å². The van der Waals surface area contributed by atoms with Crippen LogP contribution in [0.15, 0.2) is 0 Å². The summed E-state index contributed by atoms with van der Waals surface area (Å²) in [6, 6.07) is 0. The normalized spacial score (nSPS) is 16.2. The maximum Gasteiger partial charge on any atom is 0.309 e. The molecule has 0 saturated carbocycles. The molecule has 0 aromatic rings. The largest absolute Gasteiger partial charge is 0.481 e. The Morgan fingerprint density at radius 2 is 1.33 bits per heavy atom. The molecule has 0 spiro atoms.